The summed E-state index contributed by atoms with van der Waals surface area (Å²) in [5.41, 5.74) is 2.95. The molecule has 0 spiro atoms. The Bertz CT molecular complexity index is 490. The molecule has 1 aromatic carbocycles. The van der Waals surface area contributed by atoms with E-state index in [0.29, 0.717) is 0 Å². The Kier molecular flexibility index (Phi) is 3.68. The van der Waals surface area contributed by atoms with Gasteiger partial charge in [0.1, 0.15) is 0 Å². The summed E-state index contributed by atoms with van der Waals surface area (Å²) in [6, 6.07) is 6.27. The van der Waals surface area contributed by atoms with Gasteiger partial charge in [0.05, 0.1) is 11.5 Å². The zero-order valence-electron chi connectivity index (χ0n) is 12.2. The largest absolute Gasteiger partial charge is 0.481 e. The Balaban J connectivity index is 2.49. The minimum absolute atomic E-state index is 0.0423. The third-order valence-corrected chi connectivity index (χ3v) is 4.43. The van der Waals surface area contributed by atoms with E-state index in [1.807, 2.05) is 14.1 Å². The van der Waals surface area contributed by atoms with E-state index in [2.05, 4.69) is 36.9 Å². The highest BCUT2D eigenvalue weighted by atomic mass is 16.4. The standard InChI is InChI=1S/C16H23NO2/c1-11-6-7-13(12(2)10-11)14(17(3)4)16(15(18)19)8-5-9-16/h6-7,10,14H,5,8-9H2,1-4H3,(H,18,19). The van der Waals surface area contributed by atoms with E-state index in [1.54, 1.807) is 0 Å². The van der Waals surface area contributed by atoms with E-state index in [-0.39, 0.29) is 6.04 Å². The maximum Gasteiger partial charge on any atom is 0.311 e. The van der Waals surface area contributed by atoms with Crippen LogP contribution in [0.3, 0.4) is 0 Å². The van der Waals surface area contributed by atoms with Crippen molar-refractivity contribution in [3.63, 3.8) is 0 Å². The van der Waals surface area contributed by atoms with Gasteiger partial charge in [-0.2, -0.15) is 0 Å². The topological polar surface area (TPSA) is 40.5 Å². The fourth-order valence-corrected chi connectivity index (χ4v) is 3.36. The van der Waals surface area contributed by atoms with Gasteiger partial charge in [-0.1, -0.05) is 30.2 Å². The summed E-state index contributed by atoms with van der Waals surface area (Å²) >= 11 is 0. The third kappa shape index (κ3) is 2.27. The Morgan fingerprint density at radius 3 is 2.32 bits per heavy atom. The Morgan fingerprint density at radius 2 is 1.95 bits per heavy atom. The zero-order valence-corrected chi connectivity index (χ0v) is 12.2. The number of aryl methyl sites for hydroxylation is 2. The van der Waals surface area contributed by atoms with Gasteiger partial charge in [-0.3, -0.25) is 4.79 Å². The van der Waals surface area contributed by atoms with E-state index in [0.717, 1.165) is 24.8 Å². The SMILES string of the molecule is Cc1ccc(C(N(C)C)C2(C(=O)O)CCC2)c(C)c1. The van der Waals surface area contributed by atoms with Crippen LogP contribution in [0.1, 0.15) is 42.0 Å². The molecule has 19 heavy (non-hydrogen) atoms. The van der Waals surface area contributed by atoms with Crippen LogP contribution >= 0.6 is 0 Å². The molecule has 3 heteroatoms. The normalized spacial score (nSPS) is 19.0. The van der Waals surface area contributed by atoms with Crippen molar-refractivity contribution in [1.82, 2.24) is 4.90 Å². The van der Waals surface area contributed by atoms with Crippen LogP contribution in [0.25, 0.3) is 0 Å². The minimum Gasteiger partial charge on any atom is -0.481 e. The van der Waals surface area contributed by atoms with E-state index >= 15 is 0 Å². The lowest BCUT2D eigenvalue weighted by atomic mass is 9.61. The quantitative estimate of drug-likeness (QED) is 0.905. The first-order valence-corrected chi connectivity index (χ1v) is 6.85. The van der Waals surface area contributed by atoms with Crippen LogP contribution in [0.15, 0.2) is 18.2 Å². The molecule has 0 amide bonds. The summed E-state index contributed by atoms with van der Waals surface area (Å²) in [7, 11) is 3.96. The molecule has 1 atom stereocenters. The first-order valence-electron chi connectivity index (χ1n) is 6.85. The number of carboxylic acids is 1. The number of hydrogen-bond donors (Lipinski definition) is 1. The molecule has 1 aliphatic rings. The van der Waals surface area contributed by atoms with Crippen molar-refractivity contribution in [3.8, 4) is 0 Å². The molecule has 1 aromatic rings. The Labute approximate surface area is 115 Å². The third-order valence-electron chi connectivity index (χ3n) is 4.43. The van der Waals surface area contributed by atoms with E-state index in [4.69, 9.17) is 0 Å². The number of rotatable bonds is 4. The second kappa shape index (κ2) is 4.97. The van der Waals surface area contributed by atoms with Gasteiger partial charge >= 0.3 is 5.97 Å². The van der Waals surface area contributed by atoms with Crippen molar-refractivity contribution < 1.29 is 9.90 Å². The van der Waals surface area contributed by atoms with Gasteiger partial charge in [0.2, 0.25) is 0 Å². The highest BCUT2D eigenvalue weighted by Gasteiger charge is 2.52. The van der Waals surface area contributed by atoms with Gasteiger partial charge in [0, 0.05) is 0 Å². The van der Waals surface area contributed by atoms with Crippen molar-refractivity contribution in [2.24, 2.45) is 5.41 Å². The lowest BCUT2D eigenvalue weighted by molar-refractivity contribution is -0.161. The molecule has 0 saturated heterocycles. The monoisotopic (exact) mass is 261 g/mol. The number of nitrogens with zero attached hydrogens (tertiary/aromatic N) is 1. The molecule has 104 valence electrons. The lowest BCUT2D eigenvalue weighted by Crippen LogP contribution is -2.48. The molecule has 1 fully saturated rings. The van der Waals surface area contributed by atoms with Gasteiger partial charge in [-0.25, -0.2) is 0 Å². The molecule has 1 N–H and O–H groups in total. The number of carbonyl (C=O) groups is 1. The van der Waals surface area contributed by atoms with Gasteiger partial charge < -0.3 is 10.0 Å². The van der Waals surface area contributed by atoms with Crippen LogP contribution in [-0.2, 0) is 4.79 Å². The summed E-state index contributed by atoms with van der Waals surface area (Å²) in [5, 5.41) is 9.68. The summed E-state index contributed by atoms with van der Waals surface area (Å²) in [6.45, 7) is 4.14. The maximum absolute atomic E-state index is 11.8. The number of aliphatic carboxylic acids is 1. The molecule has 0 radical (unpaired) electrons. The van der Waals surface area contributed by atoms with Crippen LogP contribution in [0.2, 0.25) is 0 Å². The summed E-state index contributed by atoms with van der Waals surface area (Å²) in [4.78, 5) is 13.8. The van der Waals surface area contributed by atoms with Crippen molar-refractivity contribution in [3.05, 3.63) is 34.9 Å². The van der Waals surface area contributed by atoms with Gasteiger partial charge in [0.25, 0.3) is 0 Å². The molecular weight excluding hydrogens is 238 g/mol. The van der Waals surface area contributed by atoms with Crippen LogP contribution in [0, 0.1) is 19.3 Å². The van der Waals surface area contributed by atoms with Crippen LogP contribution in [0.5, 0.6) is 0 Å². The molecule has 1 aliphatic carbocycles. The van der Waals surface area contributed by atoms with E-state index in [9.17, 15) is 9.90 Å². The first-order chi connectivity index (χ1) is 8.88. The fourth-order valence-electron chi connectivity index (χ4n) is 3.36. The van der Waals surface area contributed by atoms with Crippen molar-refractivity contribution in [2.75, 3.05) is 14.1 Å². The summed E-state index contributed by atoms with van der Waals surface area (Å²) in [6.07, 6.45) is 2.57. The molecular formula is C16H23NO2. The van der Waals surface area contributed by atoms with Crippen LogP contribution in [0.4, 0.5) is 0 Å². The molecule has 3 nitrogen and oxygen atoms in total. The highest BCUT2D eigenvalue weighted by Crippen LogP contribution is 2.53. The Morgan fingerprint density at radius 1 is 1.32 bits per heavy atom. The highest BCUT2D eigenvalue weighted by molar-refractivity contribution is 5.77. The second-order valence-corrected chi connectivity index (χ2v) is 6.04. The van der Waals surface area contributed by atoms with E-state index < -0.39 is 11.4 Å². The molecule has 1 saturated carbocycles. The molecule has 0 aliphatic heterocycles. The maximum atomic E-state index is 11.8. The Hall–Kier alpha value is -1.35. The molecule has 0 aromatic heterocycles. The van der Waals surface area contributed by atoms with Crippen LogP contribution in [-0.4, -0.2) is 30.1 Å². The van der Waals surface area contributed by atoms with Gasteiger partial charge in [-0.05, 0) is 51.9 Å². The molecule has 0 bridgehead atoms. The number of carboxylic acid groups (broad SMARTS) is 1. The summed E-state index contributed by atoms with van der Waals surface area (Å²) < 4.78 is 0. The predicted octanol–water partition coefficient (Wildman–Crippen LogP) is 3.16. The number of benzene rings is 1. The smallest absolute Gasteiger partial charge is 0.311 e. The van der Waals surface area contributed by atoms with Crippen molar-refractivity contribution in [2.45, 2.75) is 39.2 Å². The predicted molar refractivity (Wildman–Crippen MR) is 76.3 cm³/mol. The average molecular weight is 261 g/mol. The fraction of sp³-hybridized carbons (Fsp3) is 0.562. The van der Waals surface area contributed by atoms with E-state index in [1.165, 1.54) is 11.1 Å². The minimum atomic E-state index is -0.655. The van der Waals surface area contributed by atoms with Crippen molar-refractivity contribution in [1.29, 1.82) is 0 Å². The lowest BCUT2D eigenvalue weighted by Gasteiger charge is -2.47. The molecule has 2 rings (SSSR count). The zero-order chi connectivity index (χ0) is 14.2. The average Bonchev–Trinajstić information content (AvgIpc) is 2.23. The summed E-state index contributed by atoms with van der Waals surface area (Å²) in [5.74, 6) is -0.655. The molecule has 1 unspecified atom stereocenters. The second-order valence-electron chi connectivity index (χ2n) is 6.04. The van der Waals surface area contributed by atoms with Gasteiger partial charge in [0.15, 0.2) is 0 Å². The number of hydrogen-bond acceptors (Lipinski definition) is 2. The first kappa shape index (κ1) is 14.1. The van der Waals surface area contributed by atoms with Gasteiger partial charge in [-0.15, -0.1) is 0 Å². The van der Waals surface area contributed by atoms with Crippen molar-refractivity contribution >= 4 is 5.97 Å². The molecule has 0 heterocycles. The van der Waals surface area contributed by atoms with Crippen LogP contribution < -0.4 is 0 Å².